The van der Waals surface area contributed by atoms with Crippen LogP contribution in [-0.4, -0.2) is 43.1 Å². The molecule has 7 nitrogen and oxygen atoms in total. The summed E-state index contributed by atoms with van der Waals surface area (Å²) in [6.45, 7) is 0.101. The summed E-state index contributed by atoms with van der Waals surface area (Å²) in [6.07, 6.45) is -3.63. The molecule has 12 heteroatoms. The summed E-state index contributed by atoms with van der Waals surface area (Å²) >= 11 is 0. The van der Waals surface area contributed by atoms with Crippen LogP contribution in [0.15, 0.2) is 40.9 Å². The van der Waals surface area contributed by atoms with Crippen LogP contribution in [0, 0.1) is 11.9 Å². The van der Waals surface area contributed by atoms with Gasteiger partial charge in [-0.15, -0.1) is 10.2 Å². The first kappa shape index (κ1) is 24.3. The van der Waals surface area contributed by atoms with Gasteiger partial charge in [-0.1, -0.05) is 12.1 Å². The van der Waals surface area contributed by atoms with E-state index in [2.05, 4.69) is 15.2 Å². The highest BCUT2D eigenvalue weighted by atomic mass is 19.3. The molecular weight excluding hydrogens is 487 g/mol. The Morgan fingerprint density at radius 2 is 1.86 bits per heavy atom. The van der Waals surface area contributed by atoms with E-state index in [9.17, 15) is 31.9 Å². The third kappa shape index (κ3) is 4.57. The van der Waals surface area contributed by atoms with Gasteiger partial charge in [0.15, 0.2) is 0 Å². The standard InChI is InChI=1S/C24H21F5N4O3/c25-17-4-3-14(10-30-17)19(34)18(12-5-7-24(28,29)8-6-12)33-11-15-2-1-13(9-16(15)23(33)35)21-31-32-22(36-21)20(26)27/h1-4,9-10,12,18-20,34H,5-8,11H2/t18-,19+/m1/s1. The largest absolute Gasteiger partial charge is 0.415 e. The summed E-state index contributed by atoms with van der Waals surface area (Å²) in [5.41, 5.74) is 1.38. The number of aromatic nitrogens is 3. The Morgan fingerprint density at radius 1 is 1.11 bits per heavy atom. The first-order chi connectivity index (χ1) is 17.1. The van der Waals surface area contributed by atoms with Gasteiger partial charge in [-0.3, -0.25) is 4.79 Å². The molecule has 0 bridgehead atoms. The van der Waals surface area contributed by atoms with Crippen LogP contribution >= 0.6 is 0 Å². The topological polar surface area (TPSA) is 92.4 Å². The number of aliphatic hydroxyl groups is 1. The van der Waals surface area contributed by atoms with Crippen molar-refractivity contribution in [1.82, 2.24) is 20.1 Å². The molecule has 3 heterocycles. The van der Waals surface area contributed by atoms with Crippen LogP contribution in [0.4, 0.5) is 22.0 Å². The van der Waals surface area contributed by atoms with Gasteiger partial charge < -0.3 is 14.4 Å². The quantitative estimate of drug-likeness (QED) is 0.368. The number of benzene rings is 1. The minimum atomic E-state index is -2.94. The number of rotatable bonds is 6. The van der Waals surface area contributed by atoms with Crippen molar-refractivity contribution in [3.8, 4) is 11.5 Å². The van der Waals surface area contributed by atoms with Crippen molar-refractivity contribution < 1.29 is 36.3 Å². The fourth-order valence-electron chi connectivity index (χ4n) is 4.98. The van der Waals surface area contributed by atoms with Crippen LogP contribution in [0.1, 0.15) is 65.6 Å². The maximum Gasteiger partial charge on any atom is 0.314 e. The predicted molar refractivity (Wildman–Crippen MR) is 114 cm³/mol. The average Bonchev–Trinajstić information content (AvgIpc) is 3.46. The molecule has 0 spiro atoms. The molecule has 2 aromatic heterocycles. The van der Waals surface area contributed by atoms with Crippen LogP contribution in [0.5, 0.6) is 0 Å². The fraction of sp³-hybridized carbons (Fsp3) is 0.417. The highest BCUT2D eigenvalue weighted by Gasteiger charge is 2.45. The van der Waals surface area contributed by atoms with Crippen LogP contribution in [-0.2, 0) is 6.54 Å². The normalized spacial score (nSPS) is 19.5. The maximum absolute atomic E-state index is 13.9. The molecular formula is C24H21F5N4O3. The lowest BCUT2D eigenvalue weighted by Gasteiger charge is -2.41. The van der Waals surface area contributed by atoms with E-state index < -0.39 is 48.2 Å². The number of nitrogens with zero attached hydrogens (tertiary/aromatic N) is 4. The maximum atomic E-state index is 13.9. The summed E-state index contributed by atoms with van der Waals surface area (Å²) in [4.78, 5) is 18.5. The molecule has 1 N–H and O–H groups in total. The van der Waals surface area contributed by atoms with Gasteiger partial charge in [0.2, 0.25) is 17.8 Å². The Hall–Kier alpha value is -3.41. The van der Waals surface area contributed by atoms with Crippen LogP contribution in [0.25, 0.3) is 11.5 Å². The molecule has 0 saturated heterocycles. The van der Waals surface area contributed by atoms with Gasteiger partial charge in [0, 0.05) is 42.3 Å². The van der Waals surface area contributed by atoms with E-state index in [1.54, 1.807) is 12.1 Å². The SMILES string of the molecule is O=C1c2cc(-c3nnc(C(F)F)o3)ccc2CN1[C@H](C1CCC(F)(F)CC1)[C@@H](O)c1ccc(F)nc1. The Morgan fingerprint density at radius 3 is 2.50 bits per heavy atom. The lowest BCUT2D eigenvalue weighted by atomic mass is 9.78. The van der Waals surface area contributed by atoms with Gasteiger partial charge >= 0.3 is 6.43 Å². The molecule has 1 amide bonds. The van der Waals surface area contributed by atoms with Crippen LogP contribution in [0.3, 0.4) is 0 Å². The lowest BCUT2D eigenvalue weighted by molar-refractivity contribution is -0.0676. The molecule has 1 aliphatic heterocycles. The summed E-state index contributed by atoms with van der Waals surface area (Å²) in [6, 6.07) is 6.17. The zero-order chi connectivity index (χ0) is 25.6. The summed E-state index contributed by atoms with van der Waals surface area (Å²) in [5, 5.41) is 18.1. The van der Waals surface area contributed by atoms with E-state index in [0.717, 1.165) is 12.3 Å². The average molecular weight is 508 g/mol. The predicted octanol–water partition coefficient (Wildman–Crippen LogP) is 5.09. The Bertz CT molecular complexity index is 1260. The van der Waals surface area contributed by atoms with Crippen LogP contribution in [0.2, 0.25) is 0 Å². The van der Waals surface area contributed by atoms with E-state index in [0.29, 0.717) is 5.56 Å². The fourth-order valence-corrected chi connectivity index (χ4v) is 4.98. The van der Waals surface area contributed by atoms with Gasteiger partial charge in [0.05, 0.1) is 6.04 Å². The van der Waals surface area contributed by atoms with Gasteiger partial charge in [-0.05, 0) is 42.5 Å². The molecule has 2 aliphatic rings. The number of pyridine rings is 1. The van der Waals surface area contributed by atoms with E-state index in [1.807, 2.05) is 0 Å². The highest BCUT2D eigenvalue weighted by molar-refractivity contribution is 5.99. The van der Waals surface area contributed by atoms with Gasteiger partial charge in [0.25, 0.3) is 11.8 Å². The Balaban J connectivity index is 1.46. The lowest BCUT2D eigenvalue weighted by Crippen LogP contribution is -2.47. The van der Waals surface area contributed by atoms with Gasteiger partial charge in [-0.25, -0.2) is 13.8 Å². The molecule has 1 saturated carbocycles. The van der Waals surface area contributed by atoms with Crippen molar-refractivity contribution >= 4 is 5.91 Å². The first-order valence-corrected chi connectivity index (χ1v) is 11.4. The van der Waals surface area contributed by atoms with Crippen molar-refractivity contribution in [2.24, 2.45) is 5.92 Å². The van der Waals surface area contributed by atoms with Crippen molar-refractivity contribution in [3.63, 3.8) is 0 Å². The van der Waals surface area contributed by atoms with Crippen molar-refractivity contribution in [1.29, 1.82) is 0 Å². The van der Waals surface area contributed by atoms with E-state index in [-0.39, 0.29) is 54.8 Å². The van der Waals surface area contributed by atoms with Gasteiger partial charge in [0.1, 0.15) is 6.10 Å². The zero-order valence-corrected chi connectivity index (χ0v) is 18.8. The first-order valence-electron chi connectivity index (χ1n) is 11.4. The van der Waals surface area contributed by atoms with E-state index >= 15 is 0 Å². The second-order valence-electron chi connectivity index (χ2n) is 9.09. The number of alkyl halides is 4. The smallest absolute Gasteiger partial charge is 0.314 e. The molecule has 0 radical (unpaired) electrons. The zero-order valence-electron chi connectivity index (χ0n) is 18.8. The molecule has 1 aliphatic carbocycles. The third-order valence-corrected chi connectivity index (χ3v) is 6.84. The third-order valence-electron chi connectivity index (χ3n) is 6.84. The minimum Gasteiger partial charge on any atom is -0.415 e. The number of halogens is 5. The molecule has 36 heavy (non-hydrogen) atoms. The Labute approximate surface area is 202 Å². The summed E-state index contributed by atoms with van der Waals surface area (Å²) in [7, 11) is 0. The van der Waals surface area contributed by atoms with Crippen molar-refractivity contribution in [3.05, 3.63) is 65.1 Å². The summed E-state index contributed by atoms with van der Waals surface area (Å²) < 4.78 is 71.7. The Kier molecular flexibility index (Phi) is 6.23. The molecule has 5 rings (SSSR count). The molecule has 3 aromatic rings. The number of fused-ring (bicyclic) bond motifs is 1. The number of aliphatic hydroxyl groups excluding tert-OH is 1. The van der Waals surface area contributed by atoms with E-state index in [4.69, 9.17) is 4.42 Å². The number of hydrogen-bond donors (Lipinski definition) is 1. The molecule has 0 unspecified atom stereocenters. The van der Waals surface area contributed by atoms with Gasteiger partial charge in [-0.2, -0.15) is 13.2 Å². The highest BCUT2D eigenvalue weighted by Crippen LogP contribution is 2.43. The second kappa shape index (κ2) is 9.23. The number of carbonyl (C=O) groups is 1. The minimum absolute atomic E-state index is 0.0904. The van der Waals surface area contributed by atoms with Crippen molar-refractivity contribution in [2.45, 2.75) is 56.7 Å². The van der Waals surface area contributed by atoms with E-state index in [1.165, 1.54) is 17.0 Å². The molecule has 190 valence electrons. The summed E-state index contributed by atoms with van der Waals surface area (Å²) in [5.74, 6) is -5.47. The molecule has 1 fully saturated rings. The molecule has 1 aromatic carbocycles. The molecule has 2 atom stereocenters. The van der Waals surface area contributed by atoms with Crippen molar-refractivity contribution in [2.75, 3.05) is 0 Å². The number of carbonyl (C=O) groups excluding carboxylic acids is 1. The van der Waals surface area contributed by atoms with Crippen LogP contribution < -0.4 is 0 Å². The number of hydrogen-bond acceptors (Lipinski definition) is 6. The second-order valence-corrected chi connectivity index (χ2v) is 9.09. The number of amides is 1. The monoisotopic (exact) mass is 508 g/mol.